The fourth-order valence-corrected chi connectivity index (χ4v) is 4.71. The molecule has 0 heterocycles. The van der Waals surface area contributed by atoms with Crippen LogP contribution in [0.1, 0.15) is 132 Å². The van der Waals surface area contributed by atoms with Crippen molar-refractivity contribution >= 4 is 5.97 Å². The van der Waals surface area contributed by atoms with Crippen LogP contribution < -0.4 is 0 Å². The first-order chi connectivity index (χ1) is 17.0. The van der Waals surface area contributed by atoms with E-state index in [9.17, 15) is 20.1 Å². The van der Waals surface area contributed by atoms with Gasteiger partial charge < -0.3 is 20.4 Å². The van der Waals surface area contributed by atoms with Gasteiger partial charge in [0.05, 0.1) is 23.2 Å². The third-order valence-electron chi connectivity index (χ3n) is 8.38. The first-order valence-corrected chi connectivity index (χ1v) is 14.8. The molecule has 0 fully saturated rings. The average Bonchev–Trinajstić information content (AvgIpc) is 2.79. The van der Waals surface area contributed by atoms with Gasteiger partial charge in [-0.25, -0.2) is 0 Å². The van der Waals surface area contributed by atoms with Crippen molar-refractivity contribution in [1.29, 1.82) is 0 Å². The van der Waals surface area contributed by atoms with Crippen molar-refractivity contribution in [3.8, 4) is 0 Å². The maximum Gasteiger partial charge on any atom is 0.306 e. The molecule has 0 saturated carbocycles. The van der Waals surface area contributed by atoms with Crippen molar-refractivity contribution in [2.45, 2.75) is 150 Å². The Morgan fingerprint density at radius 1 is 0.892 bits per heavy atom. The number of hydrogen-bond donors (Lipinski definition) is 4. The Kier molecular flexibility index (Phi) is 16.9. The summed E-state index contributed by atoms with van der Waals surface area (Å²) in [6.07, 6.45) is 11.5. The Morgan fingerprint density at radius 2 is 1.49 bits per heavy atom. The van der Waals surface area contributed by atoms with Crippen molar-refractivity contribution in [2.24, 2.45) is 23.7 Å². The van der Waals surface area contributed by atoms with E-state index in [4.69, 9.17) is 5.11 Å². The van der Waals surface area contributed by atoms with Crippen molar-refractivity contribution in [2.75, 3.05) is 0 Å². The quantitative estimate of drug-likeness (QED) is 0.115. The topological polar surface area (TPSA) is 98.0 Å². The van der Waals surface area contributed by atoms with E-state index in [1.165, 1.54) is 5.57 Å². The third kappa shape index (κ3) is 15.7. The minimum Gasteiger partial charge on any atom is -0.481 e. The van der Waals surface area contributed by atoms with Crippen molar-refractivity contribution in [1.82, 2.24) is 0 Å². The van der Waals surface area contributed by atoms with Gasteiger partial charge in [0.25, 0.3) is 0 Å². The Bertz CT molecular complexity index is 691. The summed E-state index contributed by atoms with van der Waals surface area (Å²) in [6.45, 7) is 20.2. The van der Waals surface area contributed by atoms with E-state index >= 15 is 0 Å². The molecule has 4 N–H and O–H groups in total. The van der Waals surface area contributed by atoms with Crippen LogP contribution in [0.5, 0.6) is 0 Å². The molecule has 6 atom stereocenters. The zero-order valence-electron chi connectivity index (χ0n) is 25.4. The summed E-state index contributed by atoms with van der Waals surface area (Å²) < 4.78 is 0. The molecule has 0 aromatic rings. The number of aliphatic hydroxyl groups excluding tert-OH is 1. The monoisotopic (exact) mass is 524 g/mol. The van der Waals surface area contributed by atoms with Gasteiger partial charge in [-0.15, -0.1) is 0 Å². The summed E-state index contributed by atoms with van der Waals surface area (Å²) in [4.78, 5) is 11.0. The molecule has 6 unspecified atom stereocenters. The van der Waals surface area contributed by atoms with Crippen LogP contribution in [0.3, 0.4) is 0 Å². The number of rotatable bonds is 21. The van der Waals surface area contributed by atoms with E-state index in [0.29, 0.717) is 49.5 Å². The summed E-state index contributed by atoms with van der Waals surface area (Å²) in [5.41, 5.74) is 0.219. The number of aliphatic hydroxyl groups is 3. The SMILES string of the molecule is C=C(CCC(C)C(=O)O)C(C)(O)CCCC(C)(O)CCCC(C)CC/C(=C/C(O)C(C)C(C)C)CCC. The second kappa shape index (κ2) is 17.4. The fraction of sp³-hybridized carbons (Fsp3) is 0.844. The first kappa shape index (κ1) is 35.8. The maximum atomic E-state index is 11.0. The van der Waals surface area contributed by atoms with Gasteiger partial charge in [-0.05, 0) is 95.0 Å². The van der Waals surface area contributed by atoms with Crippen LogP contribution in [0.4, 0.5) is 0 Å². The van der Waals surface area contributed by atoms with Crippen LogP contribution in [0.25, 0.3) is 0 Å². The van der Waals surface area contributed by atoms with Crippen molar-refractivity contribution in [3.05, 3.63) is 23.8 Å². The Balaban J connectivity index is 4.48. The predicted molar refractivity (Wildman–Crippen MR) is 156 cm³/mol. The van der Waals surface area contributed by atoms with Crippen molar-refractivity contribution < 1.29 is 25.2 Å². The number of carboxylic acid groups (broad SMARTS) is 1. The Morgan fingerprint density at radius 3 is 2.03 bits per heavy atom. The normalized spacial score (nSPS) is 19.1. The number of aliphatic carboxylic acids is 1. The molecule has 0 aliphatic carbocycles. The van der Waals surface area contributed by atoms with Gasteiger partial charge in [-0.1, -0.05) is 79.0 Å². The second-order valence-corrected chi connectivity index (χ2v) is 12.7. The molecule has 0 saturated heterocycles. The molecule has 37 heavy (non-hydrogen) atoms. The maximum absolute atomic E-state index is 11.0. The Labute approximate surface area is 228 Å². The molecular formula is C32H60O5. The average molecular weight is 525 g/mol. The lowest BCUT2D eigenvalue weighted by molar-refractivity contribution is -0.141. The van der Waals surface area contributed by atoms with Gasteiger partial charge >= 0.3 is 5.97 Å². The van der Waals surface area contributed by atoms with Crippen LogP contribution in [-0.4, -0.2) is 43.7 Å². The van der Waals surface area contributed by atoms with Gasteiger partial charge in [0.2, 0.25) is 0 Å². The summed E-state index contributed by atoms with van der Waals surface area (Å²) >= 11 is 0. The van der Waals surface area contributed by atoms with Gasteiger partial charge in [0.15, 0.2) is 0 Å². The molecule has 218 valence electrons. The molecule has 5 nitrogen and oxygen atoms in total. The number of carbonyl (C=O) groups is 1. The smallest absolute Gasteiger partial charge is 0.306 e. The highest BCUT2D eigenvalue weighted by molar-refractivity contribution is 5.69. The molecule has 0 aliphatic heterocycles. The largest absolute Gasteiger partial charge is 0.481 e. The van der Waals surface area contributed by atoms with Gasteiger partial charge in [0.1, 0.15) is 0 Å². The summed E-state index contributed by atoms with van der Waals surface area (Å²) in [5, 5.41) is 41.3. The third-order valence-corrected chi connectivity index (χ3v) is 8.38. The lowest BCUT2D eigenvalue weighted by Crippen LogP contribution is -2.29. The zero-order valence-corrected chi connectivity index (χ0v) is 25.4. The van der Waals surface area contributed by atoms with Gasteiger partial charge in [0, 0.05) is 0 Å². The number of allylic oxidation sites excluding steroid dienone is 1. The molecule has 0 amide bonds. The highest BCUT2D eigenvalue weighted by Gasteiger charge is 2.27. The minimum atomic E-state index is -1.05. The van der Waals surface area contributed by atoms with E-state index in [-0.39, 0.29) is 12.0 Å². The van der Waals surface area contributed by atoms with Gasteiger partial charge in [-0.2, -0.15) is 0 Å². The molecule has 0 aromatic carbocycles. The molecule has 0 bridgehead atoms. The minimum absolute atomic E-state index is 0.258. The van der Waals surface area contributed by atoms with Crippen molar-refractivity contribution in [3.63, 3.8) is 0 Å². The Hall–Kier alpha value is -1.17. The van der Waals surface area contributed by atoms with Crippen LogP contribution in [-0.2, 0) is 4.79 Å². The predicted octanol–water partition coefficient (Wildman–Crippen LogP) is 7.68. The standard InChI is InChI=1S/C32H60O5/c1-10-13-28(22-29(33)27(7)23(2)3)18-15-24(4)14-11-19-31(8,36)20-12-21-32(9,37)26(6)17-16-25(5)30(34)35/h22-25,27,29,33,36-37H,6,10-21H2,1-5,7-9H3,(H,34,35)/b28-22+. The van der Waals surface area contributed by atoms with Crippen LogP contribution in [0.2, 0.25) is 0 Å². The molecule has 0 aromatic heterocycles. The van der Waals surface area contributed by atoms with E-state index in [2.05, 4.69) is 47.3 Å². The number of hydrogen-bond acceptors (Lipinski definition) is 4. The summed E-state index contributed by atoms with van der Waals surface area (Å²) in [5.74, 6) is -0.00357. The highest BCUT2D eigenvalue weighted by Crippen LogP contribution is 2.30. The van der Waals surface area contributed by atoms with Gasteiger partial charge in [-0.3, -0.25) is 4.79 Å². The molecule has 5 heteroatoms. The van der Waals surface area contributed by atoms with E-state index < -0.39 is 23.1 Å². The first-order valence-electron chi connectivity index (χ1n) is 14.8. The highest BCUT2D eigenvalue weighted by atomic mass is 16.4. The van der Waals surface area contributed by atoms with Crippen LogP contribution in [0, 0.1) is 23.7 Å². The lowest BCUT2D eigenvalue weighted by atomic mass is 9.84. The van der Waals surface area contributed by atoms with Crippen LogP contribution >= 0.6 is 0 Å². The van der Waals surface area contributed by atoms with E-state index in [1.54, 1.807) is 13.8 Å². The zero-order chi connectivity index (χ0) is 28.8. The molecule has 0 rings (SSSR count). The molecule has 0 aliphatic rings. The lowest BCUT2D eigenvalue weighted by Gasteiger charge is -2.29. The summed E-state index contributed by atoms with van der Waals surface area (Å²) in [7, 11) is 0. The molecule has 0 radical (unpaired) electrons. The fourth-order valence-electron chi connectivity index (χ4n) is 4.71. The second-order valence-electron chi connectivity index (χ2n) is 12.7. The van der Waals surface area contributed by atoms with E-state index in [0.717, 1.165) is 44.9 Å². The molecular weight excluding hydrogens is 464 g/mol. The summed E-state index contributed by atoms with van der Waals surface area (Å²) in [6, 6.07) is 0. The van der Waals surface area contributed by atoms with E-state index in [1.807, 2.05) is 6.92 Å². The molecule has 0 spiro atoms. The van der Waals surface area contributed by atoms with Crippen LogP contribution in [0.15, 0.2) is 23.8 Å². The number of carboxylic acids is 1.